The first kappa shape index (κ1) is 16.3. The van der Waals surface area contributed by atoms with Crippen LogP contribution in [0.15, 0.2) is 0 Å². The highest BCUT2D eigenvalue weighted by atomic mass is 16.7. The molecule has 0 N–H and O–H groups in total. The van der Waals surface area contributed by atoms with Gasteiger partial charge in [0.15, 0.2) is 0 Å². The standard InChI is InChI=1S/C17H28O4/c1-12-7-3-5-9-14(12)16(18)20-11-21-17(19)15-10-6-4-8-13(15)2/h12-15H,3-11H2,1-2H3. The predicted molar refractivity (Wildman–Crippen MR) is 79.3 cm³/mol. The minimum Gasteiger partial charge on any atom is -0.428 e. The van der Waals surface area contributed by atoms with E-state index in [2.05, 4.69) is 13.8 Å². The summed E-state index contributed by atoms with van der Waals surface area (Å²) in [6.45, 7) is 3.98. The molecule has 2 saturated carbocycles. The molecule has 0 aromatic rings. The molecule has 0 bridgehead atoms. The normalized spacial score (nSPS) is 33.2. The Labute approximate surface area is 127 Å². The summed E-state index contributed by atoms with van der Waals surface area (Å²) in [5.41, 5.74) is 0. The average molecular weight is 296 g/mol. The largest absolute Gasteiger partial charge is 0.428 e. The van der Waals surface area contributed by atoms with Gasteiger partial charge < -0.3 is 9.47 Å². The monoisotopic (exact) mass is 296 g/mol. The van der Waals surface area contributed by atoms with Gasteiger partial charge >= 0.3 is 11.9 Å². The zero-order chi connectivity index (χ0) is 15.2. The first-order valence-electron chi connectivity index (χ1n) is 8.43. The second-order valence-electron chi connectivity index (χ2n) is 6.78. The van der Waals surface area contributed by atoms with Gasteiger partial charge in [0.1, 0.15) is 0 Å². The Morgan fingerprint density at radius 1 is 0.762 bits per heavy atom. The Kier molecular flexibility index (Phi) is 6.07. The van der Waals surface area contributed by atoms with Crippen molar-refractivity contribution < 1.29 is 19.1 Å². The molecule has 21 heavy (non-hydrogen) atoms. The second-order valence-corrected chi connectivity index (χ2v) is 6.78. The van der Waals surface area contributed by atoms with Crippen LogP contribution in [0.4, 0.5) is 0 Å². The molecule has 0 spiro atoms. The van der Waals surface area contributed by atoms with Crippen molar-refractivity contribution in [2.45, 2.75) is 65.2 Å². The van der Waals surface area contributed by atoms with Crippen molar-refractivity contribution >= 4 is 11.9 Å². The van der Waals surface area contributed by atoms with Crippen LogP contribution in [0.1, 0.15) is 65.2 Å². The topological polar surface area (TPSA) is 52.6 Å². The van der Waals surface area contributed by atoms with Gasteiger partial charge in [-0.1, -0.05) is 39.5 Å². The molecule has 4 unspecified atom stereocenters. The second kappa shape index (κ2) is 7.81. The predicted octanol–water partition coefficient (Wildman–Crippen LogP) is 3.68. The molecule has 4 heteroatoms. The average Bonchev–Trinajstić information content (AvgIpc) is 2.48. The highest BCUT2D eigenvalue weighted by Crippen LogP contribution is 2.31. The van der Waals surface area contributed by atoms with E-state index in [9.17, 15) is 9.59 Å². The van der Waals surface area contributed by atoms with Gasteiger partial charge in [-0.25, -0.2) is 0 Å². The molecule has 0 aromatic carbocycles. The number of rotatable bonds is 4. The fourth-order valence-electron chi connectivity index (χ4n) is 3.69. The van der Waals surface area contributed by atoms with Crippen LogP contribution in [0.3, 0.4) is 0 Å². The summed E-state index contributed by atoms with van der Waals surface area (Å²) in [4.78, 5) is 24.0. The molecule has 4 atom stereocenters. The molecule has 0 aromatic heterocycles. The van der Waals surface area contributed by atoms with E-state index >= 15 is 0 Å². The lowest BCUT2D eigenvalue weighted by molar-refractivity contribution is -0.176. The van der Waals surface area contributed by atoms with Crippen molar-refractivity contribution in [3.63, 3.8) is 0 Å². The van der Waals surface area contributed by atoms with E-state index in [1.165, 1.54) is 12.8 Å². The van der Waals surface area contributed by atoms with E-state index in [4.69, 9.17) is 9.47 Å². The molecule has 0 saturated heterocycles. The number of carbonyl (C=O) groups excluding carboxylic acids is 2. The lowest BCUT2D eigenvalue weighted by Gasteiger charge is -2.28. The van der Waals surface area contributed by atoms with Gasteiger partial charge in [0, 0.05) is 0 Å². The Hall–Kier alpha value is -1.06. The van der Waals surface area contributed by atoms with Gasteiger partial charge in [0.25, 0.3) is 0 Å². The van der Waals surface area contributed by atoms with E-state index in [-0.39, 0.29) is 30.6 Å². The fraction of sp³-hybridized carbons (Fsp3) is 0.882. The van der Waals surface area contributed by atoms with Crippen LogP contribution in [0.2, 0.25) is 0 Å². The van der Waals surface area contributed by atoms with Crippen LogP contribution >= 0.6 is 0 Å². The van der Waals surface area contributed by atoms with E-state index in [1.54, 1.807) is 0 Å². The van der Waals surface area contributed by atoms with Gasteiger partial charge in [-0.3, -0.25) is 9.59 Å². The Balaban J connectivity index is 1.70. The van der Waals surface area contributed by atoms with Crippen molar-refractivity contribution in [2.75, 3.05) is 6.79 Å². The summed E-state index contributed by atoms with van der Waals surface area (Å²) in [5, 5.41) is 0. The van der Waals surface area contributed by atoms with E-state index < -0.39 is 0 Å². The van der Waals surface area contributed by atoms with Gasteiger partial charge in [-0.15, -0.1) is 0 Å². The van der Waals surface area contributed by atoms with E-state index in [0.717, 1.165) is 38.5 Å². The Morgan fingerprint density at radius 3 is 1.52 bits per heavy atom. The Morgan fingerprint density at radius 2 is 1.14 bits per heavy atom. The Bertz CT molecular complexity index is 332. The molecule has 2 rings (SSSR count). The molecule has 2 aliphatic rings. The molecule has 120 valence electrons. The van der Waals surface area contributed by atoms with Crippen LogP contribution in [0.5, 0.6) is 0 Å². The van der Waals surface area contributed by atoms with E-state index in [1.807, 2.05) is 0 Å². The van der Waals surface area contributed by atoms with Crippen LogP contribution in [0.25, 0.3) is 0 Å². The van der Waals surface area contributed by atoms with Gasteiger partial charge in [-0.2, -0.15) is 0 Å². The van der Waals surface area contributed by atoms with Crippen molar-refractivity contribution in [1.82, 2.24) is 0 Å². The highest BCUT2D eigenvalue weighted by molar-refractivity contribution is 5.74. The number of hydrogen-bond donors (Lipinski definition) is 0. The smallest absolute Gasteiger partial charge is 0.312 e. The van der Waals surface area contributed by atoms with Gasteiger partial charge in [0.05, 0.1) is 11.8 Å². The SMILES string of the molecule is CC1CCCCC1C(=O)OCOC(=O)C1CCCCC1C. The lowest BCUT2D eigenvalue weighted by Crippen LogP contribution is -2.30. The molecule has 2 fully saturated rings. The van der Waals surface area contributed by atoms with Crippen LogP contribution < -0.4 is 0 Å². The fourth-order valence-corrected chi connectivity index (χ4v) is 3.69. The third kappa shape index (κ3) is 4.45. The quantitative estimate of drug-likeness (QED) is 0.586. The van der Waals surface area contributed by atoms with Crippen molar-refractivity contribution in [2.24, 2.45) is 23.7 Å². The zero-order valence-corrected chi connectivity index (χ0v) is 13.3. The number of hydrogen-bond acceptors (Lipinski definition) is 4. The molecule has 4 nitrogen and oxygen atoms in total. The third-order valence-electron chi connectivity index (χ3n) is 5.23. The zero-order valence-electron chi connectivity index (χ0n) is 13.3. The third-order valence-corrected chi connectivity index (χ3v) is 5.23. The van der Waals surface area contributed by atoms with Crippen molar-refractivity contribution in [3.8, 4) is 0 Å². The summed E-state index contributed by atoms with van der Waals surface area (Å²) in [5.74, 6) is 0.302. The van der Waals surface area contributed by atoms with Gasteiger partial charge in [0.2, 0.25) is 6.79 Å². The summed E-state index contributed by atoms with van der Waals surface area (Å²) in [6, 6.07) is 0. The molecular weight excluding hydrogens is 268 g/mol. The first-order chi connectivity index (χ1) is 10.1. The highest BCUT2D eigenvalue weighted by Gasteiger charge is 2.31. The lowest BCUT2D eigenvalue weighted by atomic mass is 9.80. The molecule has 0 aliphatic heterocycles. The van der Waals surface area contributed by atoms with Crippen molar-refractivity contribution in [1.29, 1.82) is 0 Å². The molecule has 0 heterocycles. The molecule has 0 radical (unpaired) electrons. The summed E-state index contributed by atoms with van der Waals surface area (Å²) >= 11 is 0. The summed E-state index contributed by atoms with van der Waals surface area (Å²) in [7, 11) is 0. The number of esters is 2. The minimum absolute atomic E-state index is 0.0222. The molecule has 2 aliphatic carbocycles. The summed E-state index contributed by atoms with van der Waals surface area (Å²) < 4.78 is 10.3. The number of carbonyl (C=O) groups is 2. The van der Waals surface area contributed by atoms with Gasteiger partial charge in [-0.05, 0) is 37.5 Å². The van der Waals surface area contributed by atoms with Crippen LogP contribution in [-0.4, -0.2) is 18.7 Å². The molecule has 0 amide bonds. The maximum absolute atomic E-state index is 12.0. The van der Waals surface area contributed by atoms with Crippen molar-refractivity contribution in [3.05, 3.63) is 0 Å². The maximum Gasteiger partial charge on any atom is 0.312 e. The van der Waals surface area contributed by atoms with E-state index in [0.29, 0.717) is 11.8 Å². The number of ether oxygens (including phenoxy) is 2. The van der Waals surface area contributed by atoms with Crippen LogP contribution in [0, 0.1) is 23.7 Å². The van der Waals surface area contributed by atoms with Crippen LogP contribution in [-0.2, 0) is 19.1 Å². The molecular formula is C17H28O4. The summed E-state index contributed by atoms with van der Waals surface area (Å²) in [6.07, 6.45) is 8.52. The maximum atomic E-state index is 12.0. The minimum atomic E-state index is -0.218. The first-order valence-corrected chi connectivity index (χ1v) is 8.43.